The van der Waals surface area contributed by atoms with Crippen LogP contribution in [0.15, 0.2) is 53.4 Å². The standard InChI is InChI=1S/C21H20N2O3S2/c1-3-4-5-15-6-10-17(11-7-15)22-20(24)19(28-21(22)27)14(2)16-8-12-18(13-9-16)23(25)26/h6-13H,3-5H2,1-2H3/b19-14-. The van der Waals surface area contributed by atoms with E-state index in [4.69, 9.17) is 12.2 Å². The minimum absolute atomic E-state index is 0.0206. The van der Waals surface area contributed by atoms with Crippen LogP contribution in [-0.2, 0) is 11.2 Å². The lowest BCUT2D eigenvalue weighted by molar-refractivity contribution is -0.384. The van der Waals surface area contributed by atoms with Gasteiger partial charge in [-0.25, -0.2) is 0 Å². The lowest BCUT2D eigenvalue weighted by Crippen LogP contribution is -2.27. The van der Waals surface area contributed by atoms with Gasteiger partial charge in [0.15, 0.2) is 4.32 Å². The number of carbonyl (C=O) groups is 1. The van der Waals surface area contributed by atoms with Gasteiger partial charge in [-0.1, -0.05) is 49.5 Å². The number of benzene rings is 2. The summed E-state index contributed by atoms with van der Waals surface area (Å²) in [6, 6.07) is 14.1. The summed E-state index contributed by atoms with van der Waals surface area (Å²) in [6.07, 6.45) is 3.30. The van der Waals surface area contributed by atoms with Crippen molar-refractivity contribution in [1.29, 1.82) is 0 Å². The summed E-state index contributed by atoms with van der Waals surface area (Å²) in [6.45, 7) is 4.00. The van der Waals surface area contributed by atoms with Gasteiger partial charge in [-0.3, -0.25) is 19.8 Å². The van der Waals surface area contributed by atoms with E-state index in [1.165, 1.54) is 29.5 Å². The molecule has 144 valence electrons. The Kier molecular flexibility index (Phi) is 6.26. The monoisotopic (exact) mass is 412 g/mol. The Balaban J connectivity index is 1.86. The van der Waals surface area contributed by atoms with Gasteiger partial charge in [0, 0.05) is 12.1 Å². The van der Waals surface area contributed by atoms with Crippen molar-refractivity contribution in [2.75, 3.05) is 4.90 Å². The lowest BCUT2D eigenvalue weighted by Gasteiger charge is -2.15. The molecule has 0 aliphatic carbocycles. The third-order valence-electron chi connectivity index (χ3n) is 4.63. The Morgan fingerprint density at radius 3 is 2.36 bits per heavy atom. The largest absolute Gasteiger partial charge is 0.271 e. The van der Waals surface area contributed by atoms with Crippen molar-refractivity contribution < 1.29 is 9.72 Å². The molecular weight excluding hydrogens is 392 g/mol. The molecule has 0 aromatic heterocycles. The van der Waals surface area contributed by atoms with Gasteiger partial charge >= 0.3 is 0 Å². The zero-order valence-corrected chi connectivity index (χ0v) is 17.3. The maximum absolute atomic E-state index is 13.0. The molecule has 1 saturated heterocycles. The average Bonchev–Trinajstić information content (AvgIpc) is 3.00. The molecule has 1 aliphatic heterocycles. The van der Waals surface area contributed by atoms with Crippen molar-refractivity contribution in [2.45, 2.75) is 33.1 Å². The smallest absolute Gasteiger partial charge is 0.268 e. The van der Waals surface area contributed by atoms with E-state index in [1.807, 2.05) is 31.2 Å². The number of carbonyl (C=O) groups excluding carboxylic acids is 1. The van der Waals surface area contributed by atoms with E-state index in [0.29, 0.717) is 9.23 Å². The van der Waals surface area contributed by atoms with E-state index in [2.05, 4.69) is 6.92 Å². The molecule has 2 aromatic rings. The van der Waals surface area contributed by atoms with Crippen LogP contribution in [0.1, 0.15) is 37.8 Å². The van der Waals surface area contributed by atoms with Crippen molar-refractivity contribution in [3.8, 4) is 0 Å². The van der Waals surface area contributed by atoms with E-state index in [1.54, 1.807) is 17.0 Å². The summed E-state index contributed by atoms with van der Waals surface area (Å²) in [4.78, 5) is 25.5. The molecule has 0 bridgehead atoms. The Labute approximate surface area is 173 Å². The number of nitro groups is 1. The predicted octanol–water partition coefficient (Wildman–Crippen LogP) is 5.73. The Morgan fingerprint density at radius 1 is 1.14 bits per heavy atom. The summed E-state index contributed by atoms with van der Waals surface area (Å²) in [5.74, 6) is -0.160. The summed E-state index contributed by atoms with van der Waals surface area (Å²) in [5.41, 5.74) is 3.55. The summed E-state index contributed by atoms with van der Waals surface area (Å²) in [7, 11) is 0. The zero-order valence-electron chi connectivity index (χ0n) is 15.7. The van der Waals surface area contributed by atoms with Crippen molar-refractivity contribution >= 4 is 51.2 Å². The number of thiocarbonyl (C=S) groups is 1. The van der Waals surface area contributed by atoms with Crippen LogP contribution >= 0.6 is 24.0 Å². The second kappa shape index (κ2) is 8.67. The van der Waals surface area contributed by atoms with Gasteiger partial charge in [0.1, 0.15) is 0 Å². The maximum Gasteiger partial charge on any atom is 0.271 e. The van der Waals surface area contributed by atoms with Gasteiger partial charge in [0.2, 0.25) is 0 Å². The molecule has 0 atom stereocenters. The molecule has 1 aliphatic rings. The fraction of sp³-hybridized carbons (Fsp3) is 0.238. The van der Waals surface area contributed by atoms with Crippen LogP contribution in [0.3, 0.4) is 0 Å². The molecule has 5 nitrogen and oxygen atoms in total. The van der Waals surface area contributed by atoms with Crippen LogP contribution in [0.5, 0.6) is 0 Å². The quantitative estimate of drug-likeness (QED) is 0.262. The van der Waals surface area contributed by atoms with Gasteiger partial charge in [0.25, 0.3) is 11.6 Å². The summed E-state index contributed by atoms with van der Waals surface area (Å²) < 4.78 is 0.488. The first-order chi connectivity index (χ1) is 13.4. The molecule has 1 amide bonds. The number of amides is 1. The second-order valence-corrected chi connectivity index (χ2v) is 8.18. The first-order valence-corrected chi connectivity index (χ1v) is 10.3. The fourth-order valence-electron chi connectivity index (χ4n) is 2.98. The Bertz CT molecular complexity index is 951. The molecule has 0 saturated carbocycles. The lowest BCUT2D eigenvalue weighted by atomic mass is 10.1. The first-order valence-electron chi connectivity index (χ1n) is 9.03. The number of allylic oxidation sites excluding steroid dienone is 1. The number of nitrogens with zero attached hydrogens (tertiary/aromatic N) is 2. The average molecular weight is 413 g/mol. The van der Waals surface area contributed by atoms with E-state index in [-0.39, 0.29) is 11.6 Å². The van der Waals surface area contributed by atoms with E-state index < -0.39 is 4.92 Å². The van der Waals surface area contributed by atoms with Crippen molar-refractivity contribution in [1.82, 2.24) is 0 Å². The number of hydrogen-bond donors (Lipinski definition) is 0. The normalized spacial score (nSPS) is 15.9. The van der Waals surface area contributed by atoms with Crippen molar-refractivity contribution in [3.63, 3.8) is 0 Å². The highest BCUT2D eigenvalue weighted by molar-refractivity contribution is 8.27. The number of unbranched alkanes of at least 4 members (excludes halogenated alkanes) is 1. The number of anilines is 1. The molecule has 0 unspecified atom stereocenters. The number of thioether (sulfide) groups is 1. The predicted molar refractivity (Wildman–Crippen MR) is 118 cm³/mol. The molecule has 1 fully saturated rings. The SMILES string of the molecule is CCCCc1ccc(N2C(=O)/C(=C(\C)c3ccc([N+](=O)[O-])cc3)SC2=S)cc1. The van der Waals surface area contributed by atoms with Crippen LogP contribution in [0.4, 0.5) is 11.4 Å². The van der Waals surface area contributed by atoms with Crippen LogP contribution < -0.4 is 4.90 Å². The van der Waals surface area contributed by atoms with E-state index in [0.717, 1.165) is 36.1 Å². The Morgan fingerprint density at radius 2 is 1.79 bits per heavy atom. The maximum atomic E-state index is 13.0. The molecule has 28 heavy (non-hydrogen) atoms. The molecular formula is C21H20N2O3S2. The highest BCUT2D eigenvalue weighted by Crippen LogP contribution is 2.39. The minimum Gasteiger partial charge on any atom is -0.268 e. The second-order valence-electron chi connectivity index (χ2n) is 6.54. The number of non-ortho nitro benzene ring substituents is 1. The minimum atomic E-state index is -0.442. The number of rotatable bonds is 6. The molecule has 0 spiro atoms. The van der Waals surface area contributed by atoms with Crippen LogP contribution in [0, 0.1) is 10.1 Å². The highest BCUT2D eigenvalue weighted by atomic mass is 32.2. The molecule has 2 aromatic carbocycles. The highest BCUT2D eigenvalue weighted by Gasteiger charge is 2.34. The fourth-order valence-corrected chi connectivity index (χ4v) is 4.32. The van der Waals surface area contributed by atoms with E-state index in [9.17, 15) is 14.9 Å². The number of nitro benzene ring substituents is 1. The van der Waals surface area contributed by atoms with Gasteiger partial charge in [-0.05, 0) is 60.7 Å². The Hall–Kier alpha value is -2.51. The number of aryl methyl sites for hydroxylation is 1. The molecule has 3 rings (SSSR count). The van der Waals surface area contributed by atoms with Gasteiger partial charge in [0.05, 0.1) is 15.5 Å². The summed E-state index contributed by atoms with van der Waals surface area (Å²) in [5, 5.41) is 10.8. The van der Waals surface area contributed by atoms with Crippen LogP contribution in [0.25, 0.3) is 5.57 Å². The molecule has 0 N–H and O–H groups in total. The van der Waals surface area contributed by atoms with Crippen molar-refractivity contribution in [2.24, 2.45) is 0 Å². The third kappa shape index (κ3) is 4.15. The zero-order chi connectivity index (χ0) is 20.3. The topological polar surface area (TPSA) is 63.5 Å². The molecule has 0 radical (unpaired) electrons. The van der Waals surface area contributed by atoms with Gasteiger partial charge in [-0.2, -0.15) is 0 Å². The summed E-state index contributed by atoms with van der Waals surface area (Å²) >= 11 is 6.71. The van der Waals surface area contributed by atoms with Crippen molar-refractivity contribution in [3.05, 3.63) is 74.7 Å². The van der Waals surface area contributed by atoms with Gasteiger partial charge in [-0.15, -0.1) is 0 Å². The first kappa shape index (κ1) is 20.2. The van der Waals surface area contributed by atoms with Gasteiger partial charge < -0.3 is 0 Å². The van der Waals surface area contributed by atoms with Crippen LogP contribution in [-0.4, -0.2) is 15.2 Å². The molecule has 1 heterocycles. The van der Waals surface area contributed by atoms with E-state index >= 15 is 0 Å². The third-order valence-corrected chi connectivity index (χ3v) is 6.11. The molecule has 7 heteroatoms. The van der Waals surface area contributed by atoms with Crippen LogP contribution in [0.2, 0.25) is 0 Å². The number of hydrogen-bond acceptors (Lipinski definition) is 5.